The van der Waals surface area contributed by atoms with Gasteiger partial charge in [-0.2, -0.15) is 0 Å². The van der Waals surface area contributed by atoms with Gasteiger partial charge in [0.1, 0.15) is 11.3 Å². The molecule has 3 aliphatic rings. The molecular formula is C25H37N5O2. The fourth-order valence-corrected chi connectivity index (χ4v) is 5.87. The number of hydrogen-bond donors (Lipinski definition) is 0. The lowest BCUT2D eigenvalue weighted by Gasteiger charge is -2.39. The van der Waals surface area contributed by atoms with Crippen LogP contribution in [-0.4, -0.2) is 75.2 Å². The van der Waals surface area contributed by atoms with Crippen LogP contribution in [0, 0.1) is 12.8 Å². The summed E-state index contributed by atoms with van der Waals surface area (Å²) in [5.41, 5.74) is 3.34. The highest BCUT2D eigenvalue weighted by atomic mass is 16.5. The topological polar surface area (TPSA) is 63.5 Å². The van der Waals surface area contributed by atoms with Crippen molar-refractivity contribution in [2.45, 2.75) is 78.0 Å². The largest absolute Gasteiger partial charge is 0.373 e. The standard InChI is InChI=1S/C25H37N5O2/c1-17-13-21(23-24(26-17)30-10-6-4-5-7-22(30)27-23)25(31)29-11-8-20(9-12-29)16-28-14-18(2)32-19(3)15-28/h13,18-20H,4-12,14-16H2,1-3H3. The molecule has 2 unspecified atom stereocenters. The van der Waals surface area contributed by atoms with Gasteiger partial charge >= 0.3 is 0 Å². The van der Waals surface area contributed by atoms with Crippen molar-refractivity contribution in [2.75, 3.05) is 32.7 Å². The number of amides is 1. The monoisotopic (exact) mass is 439 g/mol. The number of imidazole rings is 1. The van der Waals surface area contributed by atoms with Crippen LogP contribution in [0.25, 0.3) is 11.2 Å². The Bertz CT molecular complexity index is 968. The summed E-state index contributed by atoms with van der Waals surface area (Å²) in [6, 6.07) is 1.94. The zero-order valence-electron chi connectivity index (χ0n) is 19.8. The van der Waals surface area contributed by atoms with Crippen molar-refractivity contribution in [1.82, 2.24) is 24.3 Å². The van der Waals surface area contributed by atoms with Gasteiger partial charge in [-0.15, -0.1) is 0 Å². The fourth-order valence-electron chi connectivity index (χ4n) is 5.87. The van der Waals surface area contributed by atoms with Crippen LogP contribution >= 0.6 is 0 Å². The van der Waals surface area contributed by atoms with Crippen molar-refractivity contribution in [3.8, 4) is 0 Å². The van der Waals surface area contributed by atoms with Gasteiger partial charge < -0.3 is 14.2 Å². The van der Waals surface area contributed by atoms with Gasteiger partial charge in [0.2, 0.25) is 0 Å². The summed E-state index contributed by atoms with van der Waals surface area (Å²) in [5, 5.41) is 0. The maximum Gasteiger partial charge on any atom is 0.256 e. The molecule has 32 heavy (non-hydrogen) atoms. The van der Waals surface area contributed by atoms with Gasteiger partial charge in [0, 0.05) is 51.4 Å². The van der Waals surface area contributed by atoms with E-state index in [1.165, 1.54) is 12.8 Å². The molecule has 2 aromatic rings. The van der Waals surface area contributed by atoms with Crippen molar-refractivity contribution < 1.29 is 9.53 Å². The van der Waals surface area contributed by atoms with Crippen LogP contribution in [0.4, 0.5) is 0 Å². The molecule has 5 rings (SSSR count). The van der Waals surface area contributed by atoms with Gasteiger partial charge in [0.15, 0.2) is 5.65 Å². The minimum atomic E-state index is 0.126. The molecule has 3 aliphatic heterocycles. The summed E-state index contributed by atoms with van der Waals surface area (Å²) in [6.07, 6.45) is 7.29. The summed E-state index contributed by atoms with van der Waals surface area (Å²) in [6.45, 7) is 12.1. The van der Waals surface area contributed by atoms with E-state index >= 15 is 0 Å². The lowest BCUT2D eigenvalue weighted by molar-refractivity contribution is -0.0728. The molecule has 1 amide bonds. The Balaban J connectivity index is 1.28. The molecule has 0 spiro atoms. The second-order valence-electron chi connectivity index (χ2n) is 10.2. The van der Waals surface area contributed by atoms with Gasteiger partial charge in [-0.3, -0.25) is 9.69 Å². The smallest absolute Gasteiger partial charge is 0.256 e. The number of piperidine rings is 1. The first-order valence-corrected chi connectivity index (χ1v) is 12.5. The molecule has 0 bridgehead atoms. The number of hydrogen-bond acceptors (Lipinski definition) is 5. The highest BCUT2D eigenvalue weighted by Gasteiger charge is 2.30. The lowest BCUT2D eigenvalue weighted by Crippen LogP contribution is -2.48. The minimum absolute atomic E-state index is 0.126. The quantitative estimate of drug-likeness (QED) is 0.733. The molecule has 0 N–H and O–H groups in total. The Morgan fingerprint density at radius 2 is 1.81 bits per heavy atom. The third kappa shape index (κ3) is 4.42. The second-order valence-corrected chi connectivity index (χ2v) is 10.2. The SMILES string of the molecule is Cc1cc(C(=O)N2CCC(CN3CC(C)OC(C)C3)CC2)c2nc3n(c2n1)CCCCC3. The van der Waals surface area contributed by atoms with E-state index in [-0.39, 0.29) is 5.91 Å². The molecular weight excluding hydrogens is 402 g/mol. The molecule has 2 saturated heterocycles. The number of nitrogens with zero attached hydrogens (tertiary/aromatic N) is 5. The summed E-state index contributed by atoms with van der Waals surface area (Å²) >= 11 is 0. The predicted molar refractivity (Wildman–Crippen MR) is 125 cm³/mol. The molecule has 7 heteroatoms. The molecule has 0 radical (unpaired) electrons. The van der Waals surface area contributed by atoms with E-state index < -0.39 is 0 Å². The average Bonchev–Trinajstić information content (AvgIpc) is 2.93. The maximum atomic E-state index is 13.6. The lowest BCUT2D eigenvalue weighted by atomic mass is 9.95. The van der Waals surface area contributed by atoms with Crippen LogP contribution in [-0.2, 0) is 17.7 Å². The number of aryl methyl sites for hydroxylation is 3. The van der Waals surface area contributed by atoms with Gasteiger partial charge in [-0.25, -0.2) is 9.97 Å². The summed E-state index contributed by atoms with van der Waals surface area (Å²) < 4.78 is 8.13. The van der Waals surface area contributed by atoms with Crippen LogP contribution in [0.1, 0.15) is 67.8 Å². The zero-order valence-corrected chi connectivity index (χ0v) is 19.8. The number of carbonyl (C=O) groups excluding carboxylic acids is 1. The predicted octanol–water partition coefficient (Wildman–Crippen LogP) is 3.43. The van der Waals surface area contributed by atoms with Crippen molar-refractivity contribution in [2.24, 2.45) is 5.92 Å². The van der Waals surface area contributed by atoms with E-state index in [1.54, 1.807) is 0 Å². The Morgan fingerprint density at radius 3 is 2.56 bits per heavy atom. The van der Waals surface area contributed by atoms with Crippen LogP contribution in [0.5, 0.6) is 0 Å². The first kappa shape index (κ1) is 21.8. The van der Waals surface area contributed by atoms with E-state index in [1.807, 2.05) is 17.9 Å². The highest BCUT2D eigenvalue weighted by Crippen LogP contribution is 2.27. The number of fused-ring (bicyclic) bond motifs is 3. The molecule has 174 valence electrons. The number of pyridine rings is 1. The molecule has 5 heterocycles. The molecule has 0 aromatic carbocycles. The third-order valence-corrected chi connectivity index (χ3v) is 7.34. The van der Waals surface area contributed by atoms with Gasteiger partial charge in [-0.1, -0.05) is 6.42 Å². The van der Waals surface area contributed by atoms with Crippen LogP contribution < -0.4 is 0 Å². The second kappa shape index (κ2) is 9.10. The third-order valence-electron chi connectivity index (χ3n) is 7.34. The number of carbonyl (C=O) groups is 1. The highest BCUT2D eigenvalue weighted by molar-refractivity contribution is 6.04. The van der Waals surface area contributed by atoms with Gasteiger partial charge in [-0.05, 0) is 58.4 Å². The Kier molecular flexibility index (Phi) is 6.21. The summed E-state index contributed by atoms with van der Waals surface area (Å²) in [5.74, 6) is 1.87. The first-order chi connectivity index (χ1) is 15.5. The van der Waals surface area contributed by atoms with Crippen molar-refractivity contribution in [3.05, 3.63) is 23.1 Å². The van der Waals surface area contributed by atoms with Crippen LogP contribution in [0.2, 0.25) is 0 Å². The van der Waals surface area contributed by atoms with Gasteiger partial charge in [0.05, 0.1) is 17.8 Å². The molecule has 0 saturated carbocycles. The Morgan fingerprint density at radius 1 is 1.06 bits per heavy atom. The zero-order chi connectivity index (χ0) is 22.2. The van der Waals surface area contributed by atoms with Crippen LogP contribution in [0.3, 0.4) is 0 Å². The molecule has 0 aliphatic carbocycles. The van der Waals surface area contributed by atoms with E-state index in [0.29, 0.717) is 18.1 Å². The van der Waals surface area contributed by atoms with Crippen molar-refractivity contribution in [1.29, 1.82) is 0 Å². The van der Waals surface area contributed by atoms with Gasteiger partial charge in [0.25, 0.3) is 5.91 Å². The fraction of sp³-hybridized carbons (Fsp3) is 0.720. The molecule has 7 nitrogen and oxygen atoms in total. The van der Waals surface area contributed by atoms with E-state index in [4.69, 9.17) is 14.7 Å². The number of aromatic nitrogens is 3. The number of likely N-dealkylation sites (tertiary alicyclic amines) is 1. The van der Waals surface area contributed by atoms with Crippen molar-refractivity contribution in [3.63, 3.8) is 0 Å². The minimum Gasteiger partial charge on any atom is -0.373 e. The summed E-state index contributed by atoms with van der Waals surface area (Å²) in [7, 11) is 0. The number of morpholine rings is 1. The normalized spacial score (nSPS) is 25.7. The van der Waals surface area contributed by atoms with E-state index in [2.05, 4.69) is 23.3 Å². The molecule has 2 fully saturated rings. The first-order valence-electron chi connectivity index (χ1n) is 12.5. The number of ether oxygens (including phenoxy) is 1. The average molecular weight is 440 g/mol. The Hall–Kier alpha value is -1.99. The van der Waals surface area contributed by atoms with Crippen molar-refractivity contribution >= 4 is 17.1 Å². The van der Waals surface area contributed by atoms with Crippen LogP contribution in [0.15, 0.2) is 6.07 Å². The van der Waals surface area contributed by atoms with E-state index in [9.17, 15) is 4.79 Å². The Labute approximate surface area is 191 Å². The maximum absolute atomic E-state index is 13.6. The molecule has 2 atom stereocenters. The van der Waals surface area contributed by atoms with E-state index in [0.717, 1.165) is 93.2 Å². The number of rotatable bonds is 3. The molecule has 2 aromatic heterocycles. The summed E-state index contributed by atoms with van der Waals surface area (Å²) in [4.78, 5) is 27.8.